The molecule has 0 bridgehead atoms. The van der Waals surface area contributed by atoms with Gasteiger partial charge in [0.05, 0.1) is 0 Å². The van der Waals surface area contributed by atoms with Crippen LogP contribution in [0.1, 0.15) is 51.7 Å². The van der Waals surface area contributed by atoms with Gasteiger partial charge in [0, 0.05) is 31.0 Å². The lowest BCUT2D eigenvalue weighted by molar-refractivity contribution is 0.0779. The number of carbonyl (C=O) groups is 2. The molecule has 0 fully saturated rings. The molecule has 148 valence electrons. The van der Waals surface area contributed by atoms with E-state index in [4.69, 9.17) is 0 Å². The van der Waals surface area contributed by atoms with Crippen LogP contribution >= 0.6 is 0 Å². The van der Waals surface area contributed by atoms with Crippen LogP contribution in [0.25, 0.3) is 0 Å². The Morgan fingerprint density at radius 3 is 2.34 bits per heavy atom. The van der Waals surface area contributed by atoms with Crippen molar-refractivity contribution in [3.05, 3.63) is 95.3 Å². The standard InChI is InChI=1S/C24H25N3O2/c1-17(2)19-9-11-21(12-10-19)26-23(28)20-13-14-25-22(15-20)24(29)27(3)16-18-7-5-4-6-8-18/h4-15,17H,16H2,1-3H3,(H,26,28). The normalized spacial score (nSPS) is 10.6. The van der Waals surface area contributed by atoms with Crippen molar-refractivity contribution in [2.24, 2.45) is 0 Å². The highest BCUT2D eigenvalue weighted by atomic mass is 16.2. The second-order valence-electron chi connectivity index (χ2n) is 7.31. The van der Waals surface area contributed by atoms with E-state index in [-0.39, 0.29) is 17.5 Å². The van der Waals surface area contributed by atoms with Gasteiger partial charge in [0.1, 0.15) is 5.69 Å². The van der Waals surface area contributed by atoms with Gasteiger partial charge in [0.2, 0.25) is 0 Å². The van der Waals surface area contributed by atoms with Crippen molar-refractivity contribution in [1.82, 2.24) is 9.88 Å². The molecule has 29 heavy (non-hydrogen) atoms. The molecule has 0 atom stereocenters. The zero-order valence-electron chi connectivity index (χ0n) is 16.9. The van der Waals surface area contributed by atoms with E-state index in [1.807, 2.05) is 54.6 Å². The van der Waals surface area contributed by atoms with Gasteiger partial charge in [-0.1, -0.05) is 56.3 Å². The number of rotatable bonds is 6. The molecular formula is C24H25N3O2. The minimum Gasteiger partial charge on any atom is -0.336 e. The Hall–Kier alpha value is -3.47. The lowest BCUT2D eigenvalue weighted by Gasteiger charge is -2.17. The van der Waals surface area contributed by atoms with Gasteiger partial charge < -0.3 is 10.2 Å². The molecule has 3 aromatic rings. The first-order chi connectivity index (χ1) is 13.9. The quantitative estimate of drug-likeness (QED) is 0.665. The topological polar surface area (TPSA) is 62.3 Å². The zero-order chi connectivity index (χ0) is 20.8. The summed E-state index contributed by atoms with van der Waals surface area (Å²) in [5, 5.41) is 2.87. The first-order valence-electron chi connectivity index (χ1n) is 9.61. The summed E-state index contributed by atoms with van der Waals surface area (Å²) in [6.07, 6.45) is 1.49. The van der Waals surface area contributed by atoms with Crippen LogP contribution in [0, 0.1) is 0 Å². The van der Waals surface area contributed by atoms with E-state index in [1.54, 1.807) is 18.0 Å². The number of nitrogens with zero attached hydrogens (tertiary/aromatic N) is 2. The van der Waals surface area contributed by atoms with Gasteiger partial charge in [-0.3, -0.25) is 14.6 Å². The average Bonchev–Trinajstić information content (AvgIpc) is 2.74. The Morgan fingerprint density at radius 1 is 1.00 bits per heavy atom. The highest BCUT2D eigenvalue weighted by Gasteiger charge is 2.16. The number of nitrogens with one attached hydrogen (secondary N) is 1. The molecule has 1 aromatic heterocycles. The smallest absolute Gasteiger partial charge is 0.272 e. The van der Waals surface area contributed by atoms with Crippen LogP contribution in [-0.2, 0) is 6.54 Å². The molecular weight excluding hydrogens is 362 g/mol. The van der Waals surface area contributed by atoms with Gasteiger partial charge in [-0.15, -0.1) is 0 Å². The van der Waals surface area contributed by atoms with Crippen LogP contribution in [0.15, 0.2) is 72.9 Å². The summed E-state index contributed by atoms with van der Waals surface area (Å²) in [5.41, 5.74) is 3.59. The summed E-state index contributed by atoms with van der Waals surface area (Å²) in [6, 6.07) is 20.6. The van der Waals surface area contributed by atoms with E-state index in [9.17, 15) is 9.59 Å². The third-order valence-electron chi connectivity index (χ3n) is 4.69. The number of amides is 2. The SMILES string of the molecule is CC(C)c1ccc(NC(=O)c2ccnc(C(=O)N(C)Cc3ccccc3)c2)cc1. The Morgan fingerprint density at radius 2 is 1.69 bits per heavy atom. The fourth-order valence-corrected chi connectivity index (χ4v) is 2.97. The predicted molar refractivity (Wildman–Crippen MR) is 115 cm³/mol. The van der Waals surface area contributed by atoms with Crippen molar-refractivity contribution in [1.29, 1.82) is 0 Å². The monoisotopic (exact) mass is 387 g/mol. The molecule has 0 unspecified atom stereocenters. The van der Waals surface area contributed by atoms with Gasteiger partial charge in [-0.2, -0.15) is 0 Å². The molecule has 0 radical (unpaired) electrons. The van der Waals surface area contributed by atoms with Crippen LogP contribution in [0.5, 0.6) is 0 Å². The van der Waals surface area contributed by atoms with Gasteiger partial charge >= 0.3 is 0 Å². The zero-order valence-corrected chi connectivity index (χ0v) is 16.9. The Balaban J connectivity index is 1.69. The van der Waals surface area contributed by atoms with Crippen molar-refractivity contribution >= 4 is 17.5 Å². The maximum absolute atomic E-state index is 12.7. The maximum Gasteiger partial charge on any atom is 0.272 e. The minimum atomic E-state index is -0.274. The molecule has 0 saturated carbocycles. The predicted octanol–water partition coefficient (Wildman–Crippen LogP) is 4.73. The molecule has 2 aromatic carbocycles. The maximum atomic E-state index is 12.7. The summed E-state index contributed by atoms with van der Waals surface area (Å²) in [6.45, 7) is 4.72. The van der Waals surface area contributed by atoms with Crippen LogP contribution < -0.4 is 5.32 Å². The summed E-state index contributed by atoms with van der Waals surface area (Å²) in [4.78, 5) is 31.1. The lowest BCUT2D eigenvalue weighted by Crippen LogP contribution is -2.27. The Bertz CT molecular complexity index is 983. The van der Waals surface area contributed by atoms with E-state index >= 15 is 0 Å². The van der Waals surface area contributed by atoms with E-state index in [0.29, 0.717) is 23.7 Å². The second kappa shape index (κ2) is 9.15. The fraction of sp³-hybridized carbons (Fsp3) is 0.208. The molecule has 0 spiro atoms. The van der Waals surface area contributed by atoms with Gasteiger partial charge in [-0.25, -0.2) is 0 Å². The number of hydrogen-bond donors (Lipinski definition) is 1. The largest absolute Gasteiger partial charge is 0.336 e. The highest BCUT2D eigenvalue weighted by Crippen LogP contribution is 2.18. The van der Waals surface area contributed by atoms with Crippen molar-refractivity contribution < 1.29 is 9.59 Å². The number of anilines is 1. The van der Waals surface area contributed by atoms with E-state index in [1.165, 1.54) is 17.8 Å². The molecule has 0 saturated heterocycles. The number of aromatic nitrogens is 1. The van der Waals surface area contributed by atoms with Crippen LogP contribution in [-0.4, -0.2) is 28.7 Å². The average molecular weight is 387 g/mol. The van der Waals surface area contributed by atoms with E-state index in [0.717, 1.165) is 5.56 Å². The first-order valence-corrected chi connectivity index (χ1v) is 9.61. The Labute approximate surface area is 171 Å². The van der Waals surface area contributed by atoms with E-state index < -0.39 is 0 Å². The molecule has 5 heteroatoms. The molecule has 0 aliphatic heterocycles. The Kier molecular flexibility index (Phi) is 6.39. The minimum absolute atomic E-state index is 0.232. The first kappa shape index (κ1) is 20.3. The third kappa shape index (κ3) is 5.29. The number of carbonyl (C=O) groups excluding carboxylic acids is 2. The molecule has 2 amide bonds. The summed E-state index contributed by atoms with van der Waals surface area (Å²) >= 11 is 0. The van der Waals surface area contributed by atoms with Gasteiger partial charge in [0.15, 0.2) is 0 Å². The molecule has 3 rings (SSSR count). The number of hydrogen-bond acceptors (Lipinski definition) is 3. The number of pyridine rings is 1. The molecule has 1 N–H and O–H groups in total. The fourth-order valence-electron chi connectivity index (χ4n) is 2.97. The highest BCUT2D eigenvalue weighted by molar-refractivity contribution is 6.05. The van der Waals surface area contributed by atoms with Gasteiger partial charge in [-0.05, 0) is 41.3 Å². The van der Waals surface area contributed by atoms with Crippen molar-refractivity contribution in [3.8, 4) is 0 Å². The van der Waals surface area contributed by atoms with Crippen LogP contribution in [0.4, 0.5) is 5.69 Å². The summed E-state index contributed by atoms with van der Waals surface area (Å²) in [5.74, 6) is -0.0735. The van der Waals surface area contributed by atoms with Crippen LogP contribution in [0.2, 0.25) is 0 Å². The van der Waals surface area contributed by atoms with Crippen molar-refractivity contribution in [3.63, 3.8) is 0 Å². The molecule has 0 aliphatic rings. The third-order valence-corrected chi connectivity index (χ3v) is 4.69. The molecule has 5 nitrogen and oxygen atoms in total. The summed E-state index contributed by atoms with van der Waals surface area (Å²) in [7, 11) is 1.72. The summed E-state index contributed by atoms with van der Waals surface area (Å²) < 4.78 is 0. The lowest BCUT2D eigenvalue weighted by atomic mass is 10.0. The van der Waals surface area contributed by atoms with Crippen LogP contribution in [0.3, 0.4) is 0 Å². The molecule has 1 heterocycles. The molecule has 0 aliphatic carbocycles. The van der Waals surface area contributed by atoms with Crippen molar-refractivity contribution in [2.45, 2.75) is 26.3 Å². The second-order valence-corrected chi connectivity index (χ2v) is 7.31. The van der Waals surface area contributed by atoms with E-state index in [2.05, 4.69) is 24.1 Å². The van der Waals surface area contributed by atoms with Crippen molar-refractivity contribution in [2.75, 3.05) is 12.4 Å². The van der Waals surface area contributed by atoms with Gasteiger partial charge in [0.25, 0.3) is 11.8 Å². The number of benzene rings is 2.